The van der Waals surface area contributed by atoms with E-state index in [-0.39, 0.29) is 18.4 Å². The molecule has 0 amide bonds. The Labute approximate surface area is 110 Å². The molecule has 86 valence electrons. The number of thiophene rings is 1. The maximum atomic E-state index is 6.16. The van der Waals surface area contributed by atoms with Crippen LogP contribution in [0.5, 0.6) is 0 Å². The highest BCUT2D eigenvalue weighted by Crippen LogP contribution is 2.25. The van der Waals surface area contributed by atoms with Crippen LogP contribution in [0.1, 0.15) is 16.5 Å². The highest BCUT2D eigenvalue weighted by atomic mass is 35.5. The fraction of sp³-hybridized carbons (Fsp3) is 0.167. The summed E-state index contributed by atoms with van der Waals surface area (Å²) in [5, 5.41) is 2.06. The molecule has 0 aliphatic carbocycles. The van der Waals surface area contributed by atoms with Crippen LogP contribution < -0.4 is 5.73 Å². The summed E-state index contributed by atoms with van der Waals surface area (Å²) in [7, 11) is 0. The molecule has 1 aromatic heterocycles. The van der Waals surface area contributed by atoms with Crippen molar-refractivity contribution in [2.45, 2.75) is 10.9 Å². The molecule has 0 fully saturated rings. The molecule has 0 unspecified atom stereocenters. The second-order valence-corrected chi connectivity index (χ2v) is 5.13. The number of hydrogen-bond acceptors (Lipinski definition) is 3. The SMILES string of the molecule is CSc1ccc([C@@H](N)c2cccs2)cc1.Cl. The van der Waals surface area contributed by atoms with Gasteiger partial charge in [-0.25, -0.2) is 0 Å². The van der Waals surface area contributed by atoms with E-state index < -0.39 is 0 Å². The second-order valence-electron chi connectivity index (χ2n) is 3.27. The first-order chi connectivity index (χ1) is 7.31. The Bertz CT molecular complexity index is 411. The fourth-order valence-corrected chi connectivity index (χ4v) is 2.61. The van der Waals surface area contributed by atoms with Gasteiger partial charge in [-0.2, -0.15) is 0 Å². The number of benzene rings is 1. The number of nitrogens with two attached hydrogens (primary N) is 1. The summed E-state index contributed by atoms with van der Waals surface area (Å²) >= 11 is 3.45. The summed E-state index contributed by atoms with van der Waals surface area (Å²) < 4.78 is 0. The van der Waals surface area contributed by atoms with Crippen LogP contribution in [0, 0.1) is 0 Å². The average Bonchev–Trinajstić information content (AvgIpc) is 2.82. The molecule has 0 saturated carbocycles. The molecule has 0 aliphatic rings. The van der Waals surface area contributed by atoms with Crippen molar-refractivity contribution in [2.75, 3.05) is 6.26 Å². The first-order valence-electron chi connectivity index (χ1n) is 4.74. The summed E-state index contributed by atoms with van der Waals surface area (Å²) in [5.41, 5.74) is 7.33. The zero-order valence-electron chi connectivity index (χ0n) is 8.92. The molecular weight excluding hydrogens is 258 g/mol. The van der Waals surface area contributed by atoms with Crippen LogP contribution >= 0.6 is 35.5 Å². The molecule has 2 N–H and O–H groups in total. The molecule has 0 saturated heterocycles. The van der Waals surface area contributed by atoms with Crippen LogP contribution in [0.25, 0.3) is 0 Å². The second kappa shape index (κ2) is 6.30. The van der Waals surface area contributed by atoms with Crippen LogP contribution in [0.4, 0.5) is 0 Å². The monoisotopic (exact) mass is 271 g/mol. The molecule has 0 radical (unpaired) electrons. The van der Waals surface area contributed by atoms with Gasteiger partial charge < -0.3 is 5.73 Å². The van der Waals surface area contributed by atoms with Crippen molar-refractivity contribution in [2.24, 2.45) is 5.73 Å². The van der Waals surface area contributed by atoms with Crippen LogP contribution in [0.15, 0.2) is 46.7 Å². The summed E-state index contributed by atoms with van der Waals surface area (Å²) in [4.78, 5) is 2.49. The van der Waals surface area contributed by atoms with Crippen molar-refractivity contribution in [3.8, 4) is 0 Å². The summed E-state index contributed by atoms with van der Waals surface area (Å²) in [6.07, 6.45) is 2.08. The molecular formula is C12H14ClNS2. The highest BCUT2D eigenvalue weighted by molar-refractivity contribution is 7.98. The molecule has 0 aliphatic heterocycles. The van der Waals surface area contributed by atoms with Gasteiger partial charge in [-0.05, 0) is 35.4 Å². The first kappa shape index (κ1) is 13.6. The molecule has 0 spiro atoms. The van der Waals surface area contributed by atoms with Crippen molar-refractivity contribution in [1.82, 2.24) is 0 Å². The van der Waals surface area contributed by atoms with Crippen molar-refractivity contribution in [3.63, 3.8) is 0 Å². The Hall–Kier alpha value is -0.480. The van der Waals surface area contributed by atoms with E-state index in [1.807, 2.05) is 6.07 Å². The van der Waals surface area contributed by atoms with E-state index in [1.54, 1.807) is 23.1 Å². The van der Waals surface area contributed by atoms with Gasteiger partial charge in [0, 0.05) is 9.77 Å². The lowest BCUT2D eigenvalue weighted by Crippen LogP contribution is -2.09. The average molecular weight is 272 g/mol. The number of thioether (sulfide) groups is 1. The molecule has 1 aromatic carbocycles. The van der Waals surface area contributed by atoms with Gasteiger partial charge in [-0.1, -0.05) is 18.2 Å². The largest absolute Gasteiger partial charge is 0.320 e. The van der Waals surface area contributed by atoms with Crippen molar-refractivity contribution in [3.05, 3.63) is 52.2 Å². The standard InChI is InChI=1S/C12H13NS2.ClH/c1-14-10-6-4-9(5-7-10)12(13)11-3-2-8-15-11;/h2-8,12H,13H2,1H3;1H/t12-;/m1./s1. The molecule has 1 nitrogen and oxygen atoms in total. The Morgan fingerprint density at radius 2 is 1.88 bits per heavy atom. The van der Waals surface area contributed by atoms with E-state index in [0.717, 1.165) is 0 Å². The van der Waals surface area contributed by atoms with Crippen LogP contribution in [0.2, 0.25) is 0 Å². The summed E-state index contributed by atoms with van der Waals surface area (Å²) in [6.45, 7) is 0. The lowest BCUT2D eigenvalue weighted by molar-refractivity contribution is 0.891. The van der Waals surface area contributed by atoms with Crippen molar-refractivity contribution >= 4 is 35.5 Å². The molecule has 1 atom stereocenters. The topological polar surface area (TPSA) is 26.0 Å². The third-order valence-corrected chi connectivity index (χ3v) is 4.02. The van der Waals surface area contributed by atoms with E-state index in [1.165, 1.54) is 15.3 Å². The third-order valence-electron chi connectivity index (χ3n) is 2.32. The van der Waals surface area contributed by atoms with Gasteiger partial charge in [-0.15, -0.1) is 35.5 Å². The van der Waals surface area contributed by atoms with E-state index in [2.05, 4.69) is 42.0 Å². The van der Waals surface area contributed by atoms with Gasteiger partial charge in [0.1, 0.15) is 0 Å². The van der Waals surface area contributed by atoms with Gasteiger partial charge in [-0.3, -0.25) is 0 Å². The molecule has 2 aromatic rings. The zero-order valence-corrected chi connectivity index (χ0v) is 11.4. The minimum Gasteiger partial charge on any atom is -0.320 e. The minimum atomic E-state index is 0. The Morgan fingerprint density at radius 3 is 2.38 bits per heavy atom. The number of halogens is 1. The predicted octanol–water partition coefficient (Wildman–Crippen LogP) is 3.94. The van der Waals surface area contributed by atoms with Gasteiger partial charge in [0.05, 0.1) is 6.04 Å². The Kier molecular flexibility index (Phi) is 5.35. The zero-order chi connectivity index (χ0) is 10.7. The quantitative estimate of drug-likeness (QED) is 0.856. The maximum absolute atomic E-state index is 6.16. The smallest absolute Gasteiger partial charge is 0.0646 e. The first-order valence-corrected chi connectivity index (χ1v) is 6.84. The van der Waals surface area contributed by atoms with Gasteiger partial charge in [0.2, 0.25) is 0 Å². The van der Waals surface area contributed by atoms with Crippen LogP contribution in [-0.4, -0.2) is 6.26 Å². The lowest BCUT2D eigenvalue weighted by atomic mass is 10.1. The number of rotatable bonds is 3. The van der Waals surface area contributed by atoms with E-state index >= 15 is 0 Å². The number of hydrogen-bond donors (Lipinski definition) is 1. The van der Waals surface area contributed by atoms with Crippen LogP contribution in [0.3, 0.4) is 0 Å². The molecule has 16 heavy (non-hydrogen) atoms. The molecule has 4 heteroatoms. The minimum absolute atomic E-state index is 0. The molecule has 0 bridgehead atoms. The normalized spacial score (nSPS) is 11.9. The Balaban J connectivity index is 0.00000128. The van der Waals surface area contributed by atoms with Crippen LogP contribution in [-0.2, 0) is 0 Å². The lowest BCUT2D eigenvalue weighted by Gasteiger charge is -2.10. The van der Waals surface area contributed by atoms with E-state index in [0.29, 0.717) is 0 Å². The fourth-order valence-electron chi connectivity index (χ4n) is 1.44. The van der Waals surface area contributed by atoms with E-state index in [4.69, 9.17) is 5.73 Å². The van der Waals surface area contributed by atoms with Crippen molar-refractivity contribution < 1.29 is 0 Å². The van der Waals surface area contributed by atoms with Gasteiger partial charge >= 0.3 is 0 Å². The predicted molar refractivity (Wildman–Crippen MR) is 75.8 cm³/mol. The van der Waals surface area contributed by atoms with Gasteiger partial charge in [0.25, 0.3) is 0 Å². The summed E-state index contributed by atoms with van der Waals surface area (Å²) in [6, 6.07) is 12.6. The maximum Gasteiger partial charge on any atom is 0.0646 e. The Morgan fingerprint density at radius 1 is 1.19 bits per heavy atom. The van der Waals surface area contributed by atoms with E-state index in [9.17, 15) is 0 Å². The molecule has 2 rings (SSSR count). The highest BCUT2D eigenvalue weighted by Gasteiger charge is 2.08. The summed E-state index contributed by atoms with van der Waals surface area (Å²) in [5.74, 6) is 0. The van der Waals surface area contributed by atoms with Gasteiger partial charge in [0.15, 0.2) is 0 Å². The van der Waals surface area contributed by atoms with Crippen molar-refractivity contribution in [1.29, 1.82) is 0 Å². The molecule has 1 heterocycles. The third kappa shape index (κ3) is 3.01.